The fourth-order valence-electron chi connectivity index (χ4n) is 2.58. The van der Waals surface area contributed by atoms with Crippen LogP contribution in [0.25, 0.3) is 0 Å². The molecule has 1 fully saturated rings. The number of thioether (sulfide) groups is 1. The Hall–Kier alpha value is -1.00. The molecule has 0 aromatic heterocycles. The van der Waals surface area contributed by atoms with Crippen molar-refractivity contribution in [1.29, 1.82) is 0 Å². The number of benzene rings is 1. The first-order valence-corrected chi connectivity index (χ1v) is 8.87. The Bertz CT molecular complexity index is 439. The van der Waals surface area contributed by atoms with Gasteiger partial charge in [-0.15, -0.1) is 11.8 Å². The normalized spacial score (nSPS) is 17.3. The Morgan fingerprint density at radius 1 is 1.19 bits per heavy atom. The molecule has 0 radical (unpaired) electrons. The van der Waals surface area contributed by atoms with Gasteiger partial charge in [-0.3, -0.25) is 4.79 Å². The Morgan fingerprint density at radius 2 is 1.81 bits per heavy atom. The quantitative estimate of drug-likeness (QED) is 0.846. The molecule has 3 nitrogen and oxygen atoms in total. The Balaban J connectivity index is 1.83. The number of nitrogens with zero attached hydrogens (tertiary/aromatic N) is 1. The summed E-state index contributed by atoms with van der Waals surface area (Å²) < 4.78 is 0. The summed E-state index contributed by atoms with van der Waals surface area (Å²) in [5, 5.41) is 3.23. The van der Waals surface area contributed by atoms with Gasteiger partial charge in [0.1, 0.15) is 0 Å². The van der Waals surface area contributed by atoms with Crippen molar-refractivity contribution in [2.75, 3.05) is 25.9 Å². The van der Waals surface area contributed by atoms with E-state index < -0.39 is 0 Å². The molecule has 21 heavy (non-hydrogen) atoms. The van der Waals surface area contributed by atoms with Gasteiger partial charge >= 0.3 is 0 Å². The Morgan fingerprint density at radius 3 is 2.38 bits per heavy atom. The molecule has 0 spiro atoms. The number of rotatable bonds is 5. The van der Waals surface area contributed by atoms with Crippen molar-refractivity contribution >= 4 is 17.7 Å². The van der Waals surface area contributed by atoms with Crippen LogP contribution in [-0.4, -0.2) is 36.7 Å². The van der Waals surface area contributed by atoms with Crippen LogP contribution < -0.4 is 5.32 Å². The number of carbonyl (C=O) groups excluding carboxylic acids is 1. The summed E-state index contributed by atoms with van der Waals surface area (Å²) in [6.45, 7) is 4.03. The largest absolute Gasteiger partial charge is 0.342 e. The summed E-state index contributed by atoms with van der Waals surface area (Å²) in [4.78, 5) is 15.5. The van der Waals surface area contributed by atoms with Gasteiger partial charge in [0.05, 0.1) is 5.75 Å². The lowest BCUT2D eigenvalue weighted by molar-refractivity contribution is -0.128. The summed E-state index contributed by atoms with van der Waals surface area (Å²) in [6.07, 6.45) is 4.85. The first kappa shape index (κ1) is 16.4. The molecule has 1 unspecified atom stereocenters. The summed E-state index contributed by atoms with van der Waals surface area (Å²) >= 11 is 1.65. The molecule has 1 saturated heterocycles. The van der Waals surface area contributed by atoms with Crippen LogP contribution in [0.5, 0.6) is 0 Å². The lowest BCUT2D eigenvalue weighted by Crippen LogP contribution is -2.33. The highest BCUT2D eigenvalue weighted by Gasteiger charge is 2.15. The predicted octanol–water partition coefficient (Wildman–Crippen LogP) is 3.46. The third-order valence-electron chi connectivity index (χ3n) is 4.13. The van der Waals surface area contributed by atoms with Crippen LogP contribution in [0.2, 0.25) is 0 Å². The van der Waals surface area contributed by atoms with Crippen molar-refractivity contribution < 1.29 is 4.79 Å². The topological polar surface area (TPSA) is 32.3 Å². The molecule has 2 rings (SSSR count). The van der Waals surface area contributed by atoms with Gasteiger partial charge in [-0.1, -0.05) is 25.0 Å². The van der Waals surface area contributed by atoms with Crippen molar-refractivity contribution in [1.82, 2.24) is 10.2 Å². The molecule has 0 saturated carbocycles. The van der Waals surface area contributed by atoms with Crippen LogP contribution in [0.3, 0.4) is 0 Å². The zero-order chi connectivity index (χ0) is 15.1. The molecule has 1 aliphatic rings. The lowest BCUT2D eigenvalue weighted by atomic mass is 10.1. The van der Waals surface area contributed by atoms with Crippen LogP contribution >= 0.6 is 11.8 Å². The fraction of sp³-hybridized carbons (Fsp3) is 0.588. The van der Waals surface area contributed by atoms with E-state index >= 15 is 0 Å². The van der Waals surface area contributed by atoms with E-state index in [1.54, 1.807) is 11.8 Å². The summed E-state index contributed by atoms with van der Waals surface area (Å²) in [6, 6.07) is 8.87. The number of hydrogen-bond donors (Lipinski definition) is 1. The lowest BCUT2D eigenvalue weighted by Gasteiger charge is -2.20. The highest BCUT2D eigenvalue weighted by atomic mass is 32.2. The molecule has 0 bridgehead atoms. The van der Waals surface area contributed by atoms with Gasteiger partial charge in [-0.25, -0.2) is 0 Å². The highest BCUT2D eigenvalue weighted by molar-refractivity contribution is 8.00. The van der Waals surface area contributed by atoms with Crippen molar-refractivity contribution in [3.8, 4) is 0 Å². The molecule has 1 aliphatic heterocycles. The van der Waals surface area contributed by atoms with Gasteiger partial charge in [0, 0.05) is 24.0 Å². The smallest absolute Gasteiger partial charge is 0.232 e. The number of likely N-dealkylation sites (tertiary alicyclic amines) is 1. The van der Waals surface area contributed by atoms with Gasteiger partial charge in [-0.05, 0) is 44.5 Å². The maximum Gasteiger partial charge on any atom is 0.232 e. The number of amides is 1. The van der Waals surface area contributed by atoms with Gasteiger partial charge in [0.25, 0.3) is 0 Å². The standard InChI is InChI=1S/C17H26N2OS/c1-14(18-2)15-7-9-16(10-8-15)21-13-17(20)19-11-5-3-4-6-12-19/h7-10,14,18H,3-6,11-13H2,1-2H3. The summed E-state index contributed by atoms with van der Waals surface area (Å²) in [7, 11) is 1.97. The van der Waals surface area contributed by atoms with Crippen molar-refractivity contribution in [3.05, 3.63) is 29.8 Å². The molecular formula is C17H26N2OS. The summed E-state index contributed by atoms with van der Waals surface area (Å²) in [5.41, 5.74) is 1.28. The van der Waals surface area contributed by atoms with Crippen LogP contribution in [0.15, 0.2) is 29.2 Å². The number of hydrogen-bond acceptors (Lipinski definition) is 3. The molecule has 1 N–H and O–H groups in total. The molecule has 4 heteroatoms. The Labute approximate surface area is 132 Å². The van der Waals surface area contributed by atoms with Crippen LogP contribution in [0, 0.1) is 0 Å². The minimum atomic E-state index is 0.287. The highest BCUT2D eigenvalue weighted by Crippen LogP contribution is 2.22. The predicted molar refractivity (Wildman–Crippen MR) is 89.7 cm³/mol. The maximum atomic E-state index is 12.2. The van der Waals surface area contributed by atoms with Gasteiger partial charge in [0.2, 0.25) is 5.91 Å². The van der Waals surface area contributed by atoms with Gasteiger partial charge in [0.15, 0.2) is 0 Å². The fourth-order valence-corrected chi connectivity index (χ4v) is 3.38. The monoisotopic (exact) mass is 306 g/mol. The van der Waals surface area contributed by atoms with E-state index in [1.807, 2.05) is 11.9 Å². The first-order chi connectivity index (χ1) is 10.2. The maximum absolute atomic E-state index is 12.2. The van der Waals surface area contributed by atoms with Crippen molar-refractivity contribution in [2.24, 2.45) is 0 Å². The van der Waals surface area contributed by atoms with Crippen molar-refractivity contribution in [3.63, 3.8) is 0 Å². The minimum Gasteiger partial charge on any atom is -0.342 e. The molecule has 1 atom stereocenters. The van der Waals surface area contributed by atoms with Crippen molar-refractivity contribution in [2.45, 2.75) is 43.5 Å². The van der Waals surface area contributed by atoms with E-state index in [-0.39, 0.29) is 5.91 Å². The van der Waals surface area contributed by atoms with E-state index in [1.165, 1.54) is 23.3 Å². The molecule has 1 amide bonds. The van der Waals surface area contributed by atoms with E-state index in [0.717, 1.165) is 25.9 Å². The molecule has 116 valence electrons. The molecule has 1 aromatic rings. The van der Waals surface area contributed by atoms with E-state index in [2.05, 4.69) is 36.5 Å². The molecule has 1 heterocycles. The van der Waals surface area contributed by atoms with Crippen LogP contribution in [0.4, 0.5) is 0 Å². The average Bonchev–Trinajstić information content (AvgIpc) is 2.81. The molecular weight excluding hydrogens is 280 g/mol. The third-order valence-corrected chi connectivity index (χ3v) is 5.13. The summed E-state index contributed by atoms with van der Waals surface area (Å²) in [5.74, 6) is 0.843. The number of carbonyl (C=O) groups is 1. The average molecular weight is 306 g/mol. The van der Waals surface area contributed by atoms with Gasteiger partial charge in [-0.2, -0.15) is 0 Å². The molecule has 0 aliphatic carbocycles. The van der Waals surface area contributed by atoms with Crippen LogP contribution in [0.1, 0.15) is 44.2 Å². The second-order valence-corrected chi connectivity index (χ2v) is 6.71. The Kier molecular flexibility index (Phi) is 6.58. The first-order valence-electron chi connectivity index (χ1n) is 7.88. The SMILES string of the molecule is CNC(C)c1ccc(SCC(=O)N2CCCCCC2)cc1. The second-order valence-electron chi connectivity index (χ2n) is 5.66. The second kappa shape index (κ2) is 8.44. The zero-order valence-electron chi connectivity index (χ0n) is 13.1. The van der Waals surface area contributed by atoms with E-state index in [4.69, 9.17) is 0 Å². The molecule has 1 aromatic carbocycles. The van der Waals surface area contributed by atoms with E-state index in [0.29, 0.717) is 11.8 Å². The van der Waals surface area contributed by atoms with Crippen LogP contribution in [-0.2, 0) is 4.79 Å². The van der Waals surface area contributed by atoms with E-state index in [9.17, 15) is 4.79 Å². The minimum absolute atomic E-state index is 0.287. The zero-order valence-corrected chi connectivity index (χ0v) is 13.9. The van der Waals surface area contributed by atoms with Gasteiger partial charge < -0.3 is 10.2 Å². The third kappa shape index (κ3) is 5.04. The number of nitrogens with one attached hydrogen (secondary N) is 1.